The van der Waals surface area contributed by atoms with E-state index in [-0.39, 0.29) is 31.0 Å². The normalized spacial score (nSPS) is 14.2. The van der Waals surface area contributed by atoms with Crippen molar-refractivity contribution in [1.29, 1.82) is 0 Å². The molecule has 5 rings (SSSR count). The summed E-state index contributed by atoms with van der Waals surface area (Å²) in [5, 5.41) is 0. The van der Waals surface area contributed by atoms with E-state index in [2.05, 4.69) is 104 Å². The number of benzene rings is 2. The SMILES string of the molecule is CCC=CCC=CCC=CCC=CCC=CCC=CCCC(=O)OCOc1ccnc(N(C)C2CCN(c3nc4ccccc4n3Cc3ccc(F)cc3)CC2)n1. The Morgan fingerprint density at radius 1 is 0.807 bits per heavy atom. The first-order valence-electron chi connectivity index (χ1n) is 20.2. The summed E-state index contributed by atoms with van der Waals surface area (Å²) in [6.45, 7) is 4.17. The number of ether oxygens (including phenoxy) is 2. The Bertz CT molecular complexity index is 1990. The Balaban J connectivity index is 0.963. The van der Waals surface area contributed by atoms with E-state index in [0.717, 1.165) is 87.0 Å². The molecule has 4 aromatic rings. The molecule has 1 fully saturated rings. The molecule has 1 aliphatic rings. The second-order valence-electron chi connectivity index (χ2n) is 13.9. The Morgan fingerprint density at radius 2 is 1.42 bits per heavy atom. The summed E-state index contributed by atoms with van der Waals surface area (Å²) in [7, 11) is 2.00. The number of para-hydroxylation sites is 2. The summed E-state index contributed by atoms with van der Waals surface area (Å²) in [6.07, 6.45) is 36.0. The second-order valence-corrected chi connectivity index (χ2v) is 13.9. The van der Waals surface area contributed by atoms with Gasteiger partial charge < -0.3 is 23.8 Å². The summed E-state index contributed by atoms with van der Waals surface area (Å²) in [5.74, 6) is 1.26. The predicted molar refractivity (Wildman–Crippen MR) is 230 cm³/mol. The van der Waals surface area contributed by atoms with Crippen molar-refractivity contribution in [2.45, 2.75) is 83.7 Å². The van der Waals surface area contributed by atoms with Gasteiger partial charge in [-0.1, -0.05) is 104 Å². The molecule has 0 unspecified atom stereocenters. The zero-order chi connectivity index (χ0) is 39.9. The Kier molecular flexibility index (Phi) is 17.8. The Labute approximate surface area is 337 Å². The number of carbonyl (C=O) groups excluding carboxylic acids is 1. The molecule has 0 radical (unpaired) electrons. The zero-order valence-corrected chi connectivity index (χ0v) is 33.5. The number of fused-ring (bicyclic) bond motifs is 1. The third-order valence-electron chi connectivity index (χ3n) is 9.65. The van der Waals surface area contributed by atoms with E-state index < -0.39 is 0 Å². The summed E-state index contributed by atoms with van der Waals surface area (Å²) in [4.78, 5) is 30.8. The molecular weight excluding hydrogens is 716 g/mol. The lowest BCUT2D eigenvalue weighted by atomic mass is 10.0. The van der Waals surface area contributed by atoms with Crippen LogP contribution in [0.25, 0.3) is 11.0 Å². The number of nitrogens with zero attached hydrogens (tertiary/aromatic N) is 6. The van der Waals surface area contributed by atoms with Gasteiger partial charge in [-0.2, -0.15) is 4.98 Å². The van der Waals surface area contributed by atoms with Gasteiger partial charge in [0.2, 0.25) is 24.6 Å². The summed E-state index contributed by atoms with van der Waals surface area (Å²) >= 11 is 0. The molecule has 0 amide bonds. The van der Waals surface area contributed by atoms with Gasteiger partial charge in [-0.15, -0.1) is 0 Å². The number of aromatic nitrogens is 4. The average molecular weight is 773 g/mol. The minimum Gasteiger partial charge on any atom is -0.440 e. The van der Waals surface area contributed by atoms with Crippen LogP contribution in [-0.2, 0) is 16.1 Å². The summed E-state index contributed by atoms with van der Waals surface area (Å²) in [6, 6.07) is 16.7. The number of imidazole rings is 1. The number of halogens is 1. The quantitative estimate of drug-likeness (QED) is 0.0443. The predicted octanol–water partition coefficient (Wildman–Crippen LogP) is 10.5. The molecule has 3 heterocycles. The Morgan fingerprint density at radius 3 is 2.07 bits per heavy atom. The lowest BCUT2D eigenvalue weighted by Gasteiger charge is -2.37. The summed E-state index contributed by atoms with van der Waals surface area (Å²) in [5.41, 5.74) is 3.01. The molecule has 1 saturated heterocycles. The second kappa shape index (κ2) is 24.0. The molecule has 300 valence electrons. The maximum absolute atomic E-state index is 13.6. The van der Waals surface area contributed by atoms with Crippen molar-refractivity contribution < 1.29 is 18.7 Å². The average Bonchev–Trinajstić information content (AvgIpc) is 3.60. The van der Waals surface area contributed by atoms with Crippen LogP contribution in [0.4, 0.5) is 16.3 Å². The molecule has 0 saturated carbocycles. The highest BCUT2D eigenvalue weighted by molar-refractivity contribution is 5.79. The van der Waals surface area contributed by atoms with Gasteiger partial charge in [0.15, 0.2) is 0 Å². The fraction of sp³-hybridized carbons (Fsp3) is 0.362. The van der Waals surface area contributed by atoms with Crippen LogP contribution in [0.1, 0.15) is 76.7 Å². The van der Waals surface area contributed by atoms with Crippen LogP contribution in [-0.4, -0.2) is 58.5 Å². The molecule has 9 nitrogen and oxygen atoms in total. The zero-order valence-electron chi connectivity index (χ0n) is 33.5. The van der Waals surface area contributed by atoms with E-state index >= 15 is 0 Å². The van der Waals surface area contributed by atoms with Gasteiger partial charge in [0.05, 0.1) is 17.6 Å². The number of hydrogen-bond donors (Lipinski definition) is 0. The van der Waals surface area contributed by atoms with Gasteiger partial charge in [-0.25, -0.2) is 14.4 Å². The van der Waals surface area contributed by atoms with Crippen LogP contribution in [0.15, 0.2) is 134 Å². The lowest BCUT2D eigenvalue weighted by Crippen LogP contribution is -2.44. The van der Waals surface area contributed by atoms with Crippen molar-refractivity contribution >= 4 is 28.9 Å². The fourth-order valence-corrected chi connectivity index (χ4v) is 6.50. The van der Waals surface area contributed by atoms with E-state index in [1.54, 1.807) is 12.3 Å². The third-order valence-corrected chi connectivity index (χ3v) is 9.65. The minimum atomic E-state index is -0.320. The van der Waals surface area contributed by atoms with Crippen molar-refractivity contribution in [3.05, 3.63) is 145 Å². The van der Waals surface area contributed by atoms with E-state index in [4.69, 9.17) is 14.5 Å². The molecule has 2 aromatic heterocycles. The number of hydrogen-bond acceptors (Lipinski definition) is 8. The molecule has 10 heteroatoms. The van der Waals surface area contributed by atoms with E-state index in [1.807, 2.05) is 43.5 Å². The Hall–Kier alpha value is -5.77. The number of carbonyl (C=O) groups is 1. The van der Waals surface area contributed by atoms with Crippen molar-refractivity contribution in [3.63, 3.8) is 0 Å². The molecular formula is C47H57FN6O3. The molecule has 2 aromatic carbocycles. The smallest absolute Gasteiger partial charge is 0.308 e. The highest BCUT2D eigenvalue weighted by atomic mass is 19.1. The fourth-order valence-electron chi connectivity index (χ4n) is 6.50. The van der Waals surface area contributed by atoms with Gasteiger partial charge in [0.25, 0.3) is 0 Å². The number of anilines is 2. The van der Waals surface area contributed by atoms with E-state index in [9.17, 15) is 9.18 Å². The molecule has 0 spiro atoms. The standard InChI is InChI=1S/C47H57FN6O3/c1-3-4-5-6-7-8-9-10-11-12-13-14-15-16-17-18-19-20-21-26-45(55)57-38-56-44-31-34-49-46(51-44)52(2)41-32-35-53(36-33-41)47-50-42-24-22-23-25-43(42)54(47)37-39-27-29-40(48)30-28-39/h4-5,7-8,10-11,13-14,16-17,19-20,22-25,27-31,34,41H,3,6,9,12,15,18,21,26,32-33,35-38H2,1-2H3. The van der Waals surface area contributed by atoms with Crippen molar-refractivity contribution in [2.75, 3.05) is 36.7 Å². The summed E-state index contributed by atoms with van der Waals surface area (Å²) < 4.78 is 26.8. The van der Waals surface area contributed by atoms with Gasteiger partial charge in [-0.05, 0) is 87.6 Å². The minimum absolute atomic E-state index is 0.208. The van der Waals surface area contributed by atoms with Crippen molar-refractivity contribution in [1.82, 2.24) is 19.5 Å². The lowest BCUT2D eigenvalue weighted by molar-refractivity contribution is -0.150. The van der Waals surface area contributed by atoms with Gasteiger partial charge in [0, 0.05) is 44.9 Å². The maximum Gasteiger partial charge on any atom is 0.308 e. The van der Waals surface area contributed by atoms with Crippen LogP contribution in [0.3, 0.4) is 0 Å². The molecule has 57 heavy (non-hydrogen) atoms. The number of allylic oxidation sites excluding steroid dienone is 12. The largest absolute Gasteiger partial charge is 0.440 e. The van der Waals surface area contributed by atoms with E-state index in [0.29, 0.717) is 24.8 Å². The molecule has 1 aliphatic heterocycles. The number of rotatable bonds is 22. The topological polar surface area (TPSA) is 85.6 Å². The van der Waals surface area contributed by atoms with Gasteiger partial charge in [0.1, 0.15) is 5.82 Å². The first kappa shape index (κ1) is 42.4. The first-order chi connectivity index (χ1) is 28.0. The van der Waals surface area contributed by atoms with Crippen LogP contribution in [0, 0.1) is 5.82 Å². The molecule has 0 N–H and O–H groups in total. The highest BCUT2D eigenvalue weighted by Crippen LogP contribution is 2.28. The molecule has 0 bridgehead atoms. The van der Waals surface area contributed by atoms with Crippen LogP contribution < -0.4 is 14.5 Å². The van der Waals surface area contributed by atoms with Gasteiger partial charge >= 0.3 is 5.97 Å². The third kappa shape index (κ3) is 14.4. The maximum atomic E-state index is 13.6. The van der Waals surface area contributed by atoms with Crippen LogP contribution in [0.2, 0.25) is 0 Å². The molecule has 0 atom stereocenters. The number of esters is 1. The van der Waals surface area contributed by atoms with Crippen molar-refractivity contribution in [2.24, 2.45) is 0 Å². The first-order valence-corrected chi connectivity index (χ1v) is 20.2. The highest BCUT2D eigenvalue weighted by Gasteiger charge is 2.27. The van der Waals surface area contributed by atoms with Crippen molar-refractivity contribution in [3.8, 4) is 5.88 Å². The van der Waals surface area contributed by atoms with Crippen LogP contribution >= 0.6 is 0 Å². The monoisotopic (exact) mass is 772 g/mol. The molecule has 0 aliphatic carbocycles. The van der Waals surface area contributed by atoms with Gasteiger partial charge in [-0.3, -0.25) is 4.79 Å². The van der Waals surface area contributed by atoms with Crippen LogP contribution in [0.5, 0.6) is 5.88 Å². The number of piperidine rings is 1. The van der Waals surface area contributed by atoms with E-state index in [1.165, 1.54) is 12.1 Å².